The smallest absolute Gasteiger partial charge is 0.333 e. The van der Waals surface area contributed by atoms with E-state index >= 15 is 0 Å². The van der Waals surface area contributed by atoms with Crippen LogP contribution in [0.25, 0.3) is 0 Å². The minimum atomic E-state index is -0.232. The summed E-state index contributed by atoms with van der Waals surface area (Å²) in [5, 5.41) is 0. The molecule has 0 amide bonds. The number of rotatable bonds is 9. The van der Waals surface area contributed by atoms with Crippen molar-refractivity contribution in [3.05, 3.63) is 22.8 Å². The summed E-state index contributed by atoms with van der Waals surface area (Å²) in [6.45, 7) is 8.12. The molecule has 0 aliphatic heterocycles. The zero-order valence-electron chi connectivity index (χ0n) is 13.3. The van der Waals surface area contributed by atoms with Gasteiger partial charge in [-0.3, -0.25) is 0 Å². The van der Waals surface area contributed by atoms with E-state index in [1.807, 2.05) is 13.8 Å². The third-order valence-corrected chi connectivity index (χ3v) is 3.65. The minimum Gasteiger partial charge on any atom is -0.466 e. The lowest BCUT2D eigenvalue weighted by Crippen LogP contribution is -2.04. The van der Waals surface area contributed by atoms with Gasteiger partial charge in [-0.1, -0.05) is 50.7 Å². The van der Waals surface area contributed by atoms with E-state index in [0.717, 1.165) is 12.0 Å². The Hall–Kier alpha value is -1.05. The normalized spacial score (nSPS) is 13.2. The van der Waals surface area contributed by atoms with Gasteiger partial charge in [-0.05, 0) is 39.2 Å². The number of hydrogen-bond acceptors (Lipinski definition) is 2. The summed E-state index contributed by atoms with van der Waals surface area (Å²) in [6, 6.07) is 0. The Morgan fingerprint density at radius 1 is 0.947 bits per heavy atom. The average molecular weight is 266 g/mol. The monoisotopic (exact) mass is 266 g/mol. The number of carbonyl (C=O) groups excluding carboxylic acids is 1. The highest BCUT2D eigenvalue weighted by Gasteiger charge is 2.08. The number of hydrogen-bond donors (Lipinski definition) is 0. The quantitative estimate of drug-likeness (QED) is 0.248. The molecule has 0 aromatic carbocycles. The summed E-state index contributed by atoms with van der Waals surface area (Å²) in [4.78, 5) is 11.4. The highest BCUT2D eigenvalue weighted by molar-refractivity contribution is 5.89. The van der Waals surface area contributed by atoms with Crippen molar-refractivity contribution in [1.29, 1.82) is 0 Å². The molecule has 0 heterocycles. The van der Waals surface area contributed by atoms with Crippen molar-refractivity contribution in [1.82, 2.24) is 0 Å². The number of unbranched alkanes of at least 4 members (excludes halogenated alkanes) is 6. The van der Waals surface area contributed by atoms with Crippen LogP contribution in [-0.4, -0.2) is 13.1 Å². The van der Waals surface area contributed by atoms with E-state index in [1.54, 1.807) is 0 Å². The first-order chi connectivity index (χ1) is 9.04. The lowest BCUT2D eigenvalue weighted by Gasteiger charge is -2.07. The van der Waals surface area contributed by atoms with Gasteiger partial charge in [0, 0.05) is 5.57 Å². The second kappa shape index (κ2) is 10.8. The van der Waals surface area contributed by atoms with Crippen molar-refractivity contribution in [2.45, 2.75) is 72.6 Å². The number of carbonyl (C=O) groups is 1. The van der Waals surface area contributed by atoms with Crippen LogP contribution in [0.1, 0.15) is 72.6 Å². The average Bonchev–Trinajstić information content (AvgIpc) is 2.43. The van der Waals surface area contributed by atoms with Gasteiger partial charge in [0.25, 0.3) is 0 Å². The summed E-state index contributed by atoms with van der Waals surface area (Å²) in [5.74, 6) is -0.232. The van der Waals surface area contributed by atoms with Gasteiger partial charge in [-0.15, -0.1) is 0 Å². The first-order valence-electron chi connectivity index (χ1n) is 7.47. The van der Waals surface area contributed by atoms with Crippen LogP contribution >= 0.6 is 0 Å². The first kappa shape index (κ1) is 17.9. The first-order valence-corrected chi connectivity index (χ1v) is 7.47. The van der Waals surface area contributed by atoms with Crippen LogP contribution in [0.3, 0.4) is 0 Å². The molecule has 0 bridgehead atoms. The van der Waals surface area contributed by atoms with Gasteiger partial charge in [0.2, 0.25) is 0 Å². The Labute approximate surface area is 118 Å². The number of allylic oxidation sites excluding steroid dienone is 3. The van der Waals surface area contributed by atoms with E-state index in [4.69, 9.17) is 4.74 Å². The molecule has 2 nitrogen and oxygen atoms in total. The topological polar surface area (TPSA) is 26.3 Å². The largest absolute Gasteiger partial charge is 0.466 e. The molecule has 0 atom stereocenters. The fourth-order valence-electron chi connectivity index (χ4n) is 2.00. The molecule has 0 saturated carbocycles. The van der Waals surface area contributed by atoms with Crippen LogP contribution < -0.4 is 0 Å². The molecule has 0 saturated heterocycles. The predicted octanol–water partition coefficient (Wildman–Crippen LogP) is 5.19. The van der Waals surface area contributed by atoms with Gasteiger partial charge in [-0.25, -0.2) is 4.79 Å². The van der Waals surface area contributed by atoms with E-state index in [2.05, 4.69) is 19.9 Å². The lowest BCUT2D eigenvalue weighted by molar-refractivity contribution is -0.136. The fraction of sp³-hybridized carbons (Fsp3) is 0.706. The summed E-state index contributed by atoms with van der Waals surface area (Å²) in [7, 11) is 1.43. The van der Waals surface area contributed by atoms with Crippen LogP contribution in [0.2, 0.25) is 0 Å². The van der Waals surface area contributed by atoms with E-state index in [0.29, 0.717) is 5.57 Å². The van der Waals surface area contributed by atoms with Crippen LogP contribution in [0.4, 0.5) is 0 Å². The Morgan fingerprint density at radius 3 is 2.11 bits per heavy atom. The Morgan fingerprint density at radius 2 is 1.53 bits per heavy atom. The van der Waals surface area contributed by atoms with Gasteiger partial charge in [-0.2, -0.15) is 0 Å². The fourth-order valence-corrected chi connectivity index (χ4v) is 2.00. The Kier molecular flexibility index (Phi) is 10.2. The molecule has 0 aliphatic carbocycles. The standard InChI is InChI=1S/C17H30O2/c1-6-7-8-9-10-11-12-13-14(2)15(3)16(4)17(18)19-5/h13H,6-12H2,1-5H3. The zero-order chi connectivity index (χ0) is 14.7. The van der Waals surface area contributed by atoms with E-state index in [1.165, 1.54) is 51.2 Å². The molecule has 0 rings (SSSR count). The van der Waals surface area contributed by atoms with E-state index in [9.17, 15) is 4.79 Å². The van der Waals surface area contributed by atoms with Crippen LogP contribution in [-0.2, 0) is 9.53 Å². The van der Waals surface area contributed by atoms with Gasteiger partial charge < -0.3 is 4.74 Å². The second-order valence-corrected chi connectivity index (χ2v) is 5.19. The molecule has 0 N–H and O–H groups in total. The maximum atomic E-state index is 11.4. The summed E-state index contributed by atoms with van der Waals surface area (Å²) in [5.41, 5.74) is 2.94. The van der Waals surface area contributed by atoms with Crippen molar-refractivity contribution < 1.29 is 9.53 Å². The molecule has 0 aromatic rings. The Bertz CT molecular complexity index is 324. The van der Waals surface area contributed by atoms with Crippen LogP contribution in [0.15, 0.2) is 22.8 Å². The van der Waals surface area contributed by atoms with Crippen molar-refractivity contribution in [2.75, 3.05) is 7.11 Å². The van der Waals surface area contributed by atoms with Crippen molar-refractivity contribution in [3.63, 3.8) is 0 Å². The van der Waals surface area contributed by atoms with Crippen molar-refractivity contribution in [2.24, 2.45) is 0 Å². The molecular formula is C17H30O2. The molecule has 19 heavy (non-hydrogen) atoms. The van der Waals surface area contributed by atoms with E-state index in [-0.39, 0.29) is 5.97 Å². The molecule has 0 radical (unpaired) electrons. The van der Waals surface area contributed by atoms with Crippen molar-refractivity contribution in [3.8, 4) is 0 Å². The highest BCUT2D eigenvalue weighted by Crippen LogP contribution is 2.16. The summed E-state index contributed by atoms with van der Waals surface area (Å²) in [6.07, 6.45) is 11.3. The number of esters is 1. The van der Waals surface area contributed by atoms with Crippen LogP contribution in [0, 0.1) is 0 Å². The lowest BCUT2D eigenvalue weighted by atomic mass is 10.0. The zero-order valence-corrected chi connectivity index (χ0v) is 13.3. The second-order valence-electron chi connectivity index (χ2n) is 5.19. The SMILES string of the molecule is CCCCCCCCC=C(C)C(C)=C(C)C(=O)OC. The van der Waals surface area contributed by atoms with Crippen LogP contribution in [0.5, 0.6) is 0 Å². The minimum absolute atomic E-state index is 0.232. The molecule has 0 aliphatic rings. The molecule has 0 fully saturated rings. The molecular weight excluding hydrogens is 236 g/mol. The molecule has 110 valence electrons. The van der Waals surface area contributed by atoms with Gasteiger partial charge in [0.05, 0.1) is 7.11 Å². The number of methoxy groups -OCH3 is 1. The summed E-state index contributed by atoms with van der Waals surface area (Å²) >= 11 is 0. The highest BCUT2D eigenvalue weighted by atomic mass is 16.5. The van der Waals surface area contributed by atoms with Crippen molar-refractivity contribution >= 4 is 5.97 Å². The molecule has 2 heteroatoms. The van der Waals surface area contributed by atoms with Gasteiger partial charge in [0.1, 0.15) is 0 Å². The summed E-state index contributed by atoms with van der Waals surface area (Å²) < 4.78 is 4.74. The predicted molar refractivity (Wildman–Crippen MR) is 82.1 cm³/mol. The third kappa shape index (κ3) is 7.86. The van der Waals surface area contributed by atoms with E-state index < -0.39 is 0 Å². The molecule has 0 spiro atoms. The third-order valence-electron chi connectivity index (χ3n) is 3.65. The van der Waals surface area contributed by atoms with Gasteiger partial charge >= 0.3 is 5.97 Å². The number of ether oxygens (including phenoxy) is 1. The Balaban J connectivity index is 4.09. The molecule has 0 unspecified atom stereocenters. The molecule has 0 aromatic heterocycles. The maximum absolute atomic E-state index is 11.4. The maximum Gasteiger partial charge on any atom is 0.333 e. The van der Waals surface area contributed by atoms with Gasteiger partial charge in [0.15, 0.2) is 0 Å².